The molecule has 0 unspecified atom stereocenters. The van der Waals surface area contributed by atoms with Crippen LogP contribution in [-0.2, 0) is 0 Å². The second-order valence-electron chi connectivity index (χ2n) is 3.96. The quantitative estimate of drug-likeness (QED) is 0.737. The average molecular weight is 258 g/mol. The fourth-order valence-corrected chi connectivity index (χ4v) is 1.64. The highest BCUT2D eigenvalue weighted by atomic mass is 16.5. The topological polar surface area (TPSA) is 84.6 Å². The number of nitrogens with one attached hydrogen (secondary N) is 1. The van der Waals surface area contributed by atoms with Crippen LogP contribution in [0.15, 0.2) is 42.5 Å². The van der Waals surface area contributed by atoms with Gasteiger partial charge in [-0.05, 0) is 30.3 Å². The molecular formula is C14H14N2O3. The van der Waals surface area contributed by atoms with Gasteiger partial charge in [0.25, 0.3) is 5.91 Å². The fourth-order valence-electron chi connectivity index (χ4n) is 1.64. The summed E-state index contributed by atoms with van der Waals surface area (Å²) in [6.07, 6.45) is 0. The Morgan fingerprint density at radius 2 is 2.05 bits per heavy atom. The number of carbonyl (C=O) groups excluding carboxylic acids is 1. The van der Waals surface area contributed by atoms with Crippen LogP contribution < -0.4 is 15.8 Å². The van der Waals surface area contributed by atoms with Gasteiger partial charge in [-0.1, -0.05) is 6.07 Å². The second kappa shape index (κ2) is 5.30. The third kappa shape index (κ3) is 2.95. The number of ether oxygens (including phenoxy) is 1. The number of nitrogens with two attached hydrogens (primary N) is 1. The molecule has 0 aliphatic heterocycles. The van der Waals surface area contributed by atoms with Crippen molar-refractivity contribution in [2.75, 3.05) is 18.2 Å². The summed E-state index contributed by atoms with van der Waals surface area (Å²) in [5.41, 5.74) is 7.13. The third-order valence-corrected chi connectivity index (χ3v) is 2.60. The van der Waals surface area contributed by atoms with Crippen LogP contribution in [0.25, 0.3) is 0 Å². The van der Waals surface area contributed by atoms with Gasteiger partial charge in [-0.15, -0.1) is 0 Å². The summed E-state index contributed by atoms with van der Waals surface area (Å²) in [5.74, 6) is 0.221. The standard InChI is InChI=1S/C14H14N2O3/c1-19-13-8-10(5-6-12(13)15)16-14(18)9-3-2-4-11(17)7-9/h2-8,17H,15H2,1H3,(H,16,18). The van der Waals surface area contributed by atoms with E-state index in [1.165, 1.54) is 19.2 Å². The van der Waals surface area contributed by atoms with Crippen LogP contribution in [-0.4, -0.2) is 18.1 Å². The predicted molar refractivity (Wildman–Crippen MR) is 73.5 cm³/mol. The lowest BCUT2D eigenvalue weighted by Crippen LogP contribution is -2.11. The number of hydrogen-bond acceptors (Lipinski definition) is 4. The minimum absolute atomic E-state index is 0.0440. The maximum atomic E-state index is 12.0. The smallest absolute Gasteiger partial charge is 0.255 e. The first-order valence-electron chi connectivity index (χ1n) is 5.64. The zero-order valence-electron chi connectivity index (χ0n) is 10.4. The predicted octanol–water partition coefficient (Wildman–Crippen LogP) is 2.24. The van der Waals surface area contributed by atoms with Crippen molar-refractivity contribution in [2.24, 2.45) is 0 Å². The maximum Gasteiger partial charge on any atom is 0.255 e. The van der Waals surface area contributed by atoms with E-state index in [1.807, 2.05) is 0 Å². The molecule has 2 aromatic rings. The van der Waals surface area contributed by atoms with Gasteiger partial charge in [0.05, 0.1) is 12.8 Å². The number of carbonyl (C=O) groups is 1. The number of anilines is 2. The van der Waals surface area contributed by atoms with Gasteiger partial charge in [0, 0.05) is 17.3 Å². The number of hydrogen-bond donors (Lipinski definition) is 3. The van der Waals surface area contributed by atoms with Gasteiger partial charge in [0.1, 0.15) is 11.5 Å². The zero-order valence-corrected chi connectivity index (χ0v) is 10.4. The van der Waals surface area contributed by atoms with E-state index in [-0.39, 0.29) is 11.7 Å². The SMILES string of the molecule is COc1cc(NC(=O)c2cccc(O)c2)ccc1N. The van der Waals surface area contributed by atoms with Crippen LogP contribution in [0, 0.1) is 0 Å². The molecule has 5 nitrogen and oxygen atoms in total. The number of amides is 1. The number of phenols is 1. The van der Waals surface area contributed by atoms with Gasteiger partial charge in [-0.25, -0.2) is 0 Å². The molecule has 0 fully saturated rings. The number of benzene rings is 2. The van der Waals surface area contributed by atoms with Gasteiger partial charge < -0.3 is 20.9 Å². The largest absolute Gasteiger partial charge is 0.508 e. The molecule has 2 aromatic carbocycles. The molecule has 0 radical (unpaired) electrons. The molecule has 0 spiro atoms. The molecule has 0 aromatic heterocycles. The maximum absolute atomic E-state index is 12.0. The van der Waals surface area contributed by atoms with E-state index in [9.17, 15) is 9.90 Å². The molecule has 0 bridgehead atoms. The van der Waals surface area contributed by atoms with Crippen molar-refractivity contribution < 1.29 is 14.6 Å². The van der Waals surface area contributed by atoms with Gasteiger partial charge in [-0.2, -0.15) is 0 Å². The lowest BCUT2D eigenvalue weighted by atomic mass is 10.2. The minimum atomic E-state index is -0.317. The van der Waals surface area contributed by atoms with E-state index in [0.29, 0.717) is 22.7 Å². The number of nitrogen functional groups attached to an aromatic ring is 1. The number of aromatic hydroxyl groups is 1. The number of methoxy groups -OCH3 is 1. The minimum Gasteiger partial charge on any atom is -0.508 e. The van der Waals surface area contributed by atoms with Crippen molar-refractivity contribution in [3.63, 3.8) is 0 Å². The van der Waals surface area contributed by atoms with E-state index < -0.39 is 0 Å². The molecule has 0 aliphatic carbocycles. The fraction of sp³-hybridized carbons (Fsp3) is 0.0714. The summed E-state index contributed by atoms with van der Waals surface area (Å²) in [6, 6.07) is 11.1. The zero-order chi connectivity index (χ0) is 13.8. The first-order chi connectivity index (χ1) is 9.10. The van der Waals surface area contributed by atoms with E-state index in [1.54, 1.807) is 30.3 Å². The van der Waals surface area contributed by atoms with Gasteiger partial charge in [-0.3, -0.25) is 4.79 Å². The molecule has 5 heteroatoms. The highest BCUT2D eigenvalue weighted by Gasteiger charge is 2.08. The Hall–Kier alpha value is -2.69. The lowest BCUT2D eigenvalue weighted by molar-refractivity contribution is 0.102. The van der Waals surface area contributed by atoms with E-state index in [2.05, 4.69) is 5.32 Å². The van der Waals surface area contributed by atoms with Gasteiger partial charge in [0.15, 0.2) is 0 Å². The third-order valence-electron chi connectivity index (χ3n) is 2.60. The Morgan fingerprint density at radius 1 is 1.26 bits per heavy atom. The number of phenolic OH excluding ortho intramolecular Hbond substituents is 1. The van der Waals surface area contributed by atoms with Crippen LogP contribution in [0.2, 0.25) is 0 Å². The summed E-state index contributed by atoms with van der Waals surface area (Å²) in [7, 11) is 1.51. The Bertz CT molecular complexity index is 611. The van der Waals surface area contributed by atoms with Crippen molar-refractivity contribution in [2.45, 2.75) is 0 Å². The summed E-state index contributed by atoms with van der Waals surface area (Å²) < 4.78 is 5.08. The Morgan fingerprint density at radius 3 is 2.74 bits per heavy atom. The molecule has 19 heavy (non-hydrogen) atoms. The van der Waals surface area contributed by atoms with Crippen LogP contribution >= 0.6 is 0 Å². The van der Waals surface area contributed by atoms with Crippen molar-refractivity contribution in [1.29, 1.82) is 0 Å². The van der Waals surface area contributed by atoms with Crippen molar-refractivity contribution in [3.8, 4) is 11.5 Å². The van der Waals surface area contributed by atoms with Gasteiger partial charge >= 0.3 is 0 Å². The van der Waals surface area contributed by atoms with Gasteiger partial charge in [0.2, 0.25) is 0 Å². The van der Waals surface area contributed by atoms with Crippen molar-refractivity contribution in [3.05, 3.63) is 48.0 Å². The first-order valence-corrected chi connectivity index (χ1v) is 5.64. The van der Waals surface area contributed by atoms with E-state index in [4.69, 9.17) is 10.5 Å². The van der Waals surface area contributed by atoms with Crippen LogP contribution in [0.3, 0.4) is 0 Å². The molecule has 0 atom stereocenters. The molecule has 98 valence electrons. The molecule has 4 N–H and O–H groups in total. The molecule has 0 saturated heterocycles. The molecular weight excluding hydrogens is 244 g/mol. The molecule has 2 rings (SSSR count). The molecule has 0 aliphatic rings. The van der Waals surface area contributed by atoms with E-state index >= 15 is 0 Å². The Balaban J connectivity index is 2.19. The van der Waals surface area contributed by atoms with Crippen molar-refractivity contribution in [1.82, 2.24) is 0 Å². The van der Waals surface area contributed by atoms with Crippen molar-refractivity contribution >= 4 is 17.3 Å². The second-order valence-corrected chi connectivity index (χ2v) is 3.96. The highest BCUT2D eigenvalue weighted by Crippen LogP contribution is 2.25. The summed E-state index contributed by atoms with van der Waals surface area (Å²) in [5, 5.41) is 12.0. The Kier molecular flexibility index (Phi) is 3.56. The Labute approximate surface area is 110 Å². The summed E-state index contributed by atoms with van der Waals surface area (Å²) in [6.45, 7) is 0. The monoisotopic (exact) mass is 258 g/mol. The van der Waals surface area contributed by atoms with Crippen LogP contribution in [0.1, 0.15) is 10.4 Å². The lowest BCUT2D eigenvalue weighted by Gasteiger charge is -2.09. The molecule has 0 saturated carbocycles. The summed E-state index contributed by atoms with van der Waals surface area (Å²) in [4.78, 5) is 12.0. The van der Waals surface area contributed by atoms with Crippen LogP contribution in [0.4, 0.5) is 11.4 Å². The van der Waals surface area contributed by atoms with Crippen LogP contribution in [0.5, 0.6) is 11.5 Å². The normalized spacial score (nSPS) is 9.95. The molecule has 1 amide bonds. The first kappa shape index (κ1) is 12.8. The average Bonchev–Trinajstić information content (AvgIpc) is 2.41. The number of rotatable bonds is 3. The van der Waals surface area contributed by atoms with E-state index in [0.717, 1.165) is 0 Å². The molecule has 0 heterocycles. The highest BCUT2D eigenvalue weighted by molar-refractivity contribution is 6.04. The summed E-state index contributed by atoms with van der Waals surface area (Å²) >= 11 is 0.